The summed E-state index contributed by atoms with van der Waals surface area (Å²) in [6, 6.07) is 4.21. The van der Waals surface area contributed by atoms with Gasteiger partial charge in [0.15, 0.2) is 0 Å². The number of fused-ring (bicyclic) bond motifs is 2. The molecule has 2 aromatic rings. The van der Waals surface area contributed by atoms with Gasteiger partial charge in [-0.15, -0.1) is 0 Å². The molecule has 2 fully saturated rings. The lowest BCUT2D eigenvalue weighted by Gasteiger charge is -2.43. The fourth-order valence-electron chi connectivity index (χ4n) is 4.63. The number of furan rings is 1. The van der Waals surface area contributed by atoms with Gasteiger partial charge < -0.3 is 13.9 Å². The van der Waals surface area contributed by atoms with Gasteiger partial charge in [-0.2, -0.15) is 5.10 Å². The van der Waals surface area contributed by atoms with Crippen LogP contribution in [0.2, 0.25) is 0 Å². The maximum absolute atomic E-state index is 6.24. The first kappa shape index (κ1) is 16.5. The molecule has 1 N–H and O–H groups in total. The number of likely N-dealkylation sites (tertiary alicyclic amines) is 1. The molecule has 0 aromatic carbocycles. The van der Waals surface area contributed by atoms with Crippen molar-refractivity contribution < 1.29 is 13.9 Å². The van der Waals surface area contributed by atoms with Gasteiger partial charge in [0.05, 0.1) is 25.0 Å². The van der Waals surface area contributed by atoms with Crippen molar-refractivity contribution in [2.24, 2.45) is 0 Å². The van der Waals surface area contributed by atoms with E-state index in [0.29, 0.717) is 0 Å². The highest BCUT2D eigenvalue weighted by atomic mass is 16.5. The highest BCUT2D eigenvalue weighted by Gasteiger charge is 2.42. The molecule has 1 atom stereocenters. The smallest absolute Gasteiger partial charge is 0.133 e. The number of rotatable bonds is 3. The van der Waals surface area contributed by atoms with Crippen LogP contribution in [0.4, 0.5) is 0 Å². The van der Waals surface area contributed by atoms with Crippen molar-refractivity contribution in [1.82, 2.24) is 15.1 Å². The predicted molar refractivity (Wildman–Crippen MR) is 95.7 cm³/mol. The molecule has 5 heterocycles. The van der Waals surface area contributed by atoms with Crippen molar-refractivity contribution in [3.05, 3.63) is 41.1 Å². The fraction of sp³-hybridized carbons (Fsp3) is 0.650. The molecule has 0 aliphatic carbocycles. The average Bonchev–Trinajstić information content (AvgIpc) is 3.35. The van der Waals surface area contributed by atoms with Crippen LogP contribution >= 0.6 is 0 Å². The number of ether oxygens (including phenoxy) is 2. The van der Waals surface area contributed by atoms with Crippen molar-refractivity contribution in [3.8, 4) is 0 Å². The lowest BCUT2D eigenvalue weighted by molar-refractivity contribution is -0.102. The van der Waals surface area contributed by atoms with E-state index in [0.717, 1.165) is 70.1 Å². The molecule has 1 unspecified atom stereocenters. The second kappa shape index (κ2) is 6.83. The van der Waals surface area contributed by atoms with Gasteiger partial charge in [0, 0.05) is 19.7 Å². The Morgan fingerprint density at radius 3 is 2.96 bits per heavy atom. The zero-order valence-corrected chi connectivity index (χ0v) is 15.2. The zero-order valence-electron chi connectivity index (χ0n) is 15.2. The third kappa shape index (κ3) is 3.00. The molecule has 140 valence electrons. The second-order valence-electron chi connectivity index (χ2n) is 7.80. The summed E-state index contributed by atoms with van der Waals surface area (Å²) >= 11 is 0. The van der Waals surface area contributed by atoms with E-state index in [9.17, 15) is 0 Å². The van der Waals surface area contributed by atoms with Crippen molar-refractivity contribution in [1.29, 1.82) is 0 Å². The molecule has 2 saturated heterocycles. The summed E-state index contributed by atoms with van der Waals surface area (Å²) < 4.78 is 18.2. The van der Waals surface area contributed by atoms with Crippen LogP contribution in [-0.4, -0.2) is 41.4 Å². The number of hydrogen-bond donors (Lipinski definition) is 1. The highest BCUT2D eigenvalue weighted by molar-refractivity contribution is 5.26. The first-order valence-electron chi connectivity index (χ1n) is 9.92. The normalized spacial score (nSPS) is 26.1. The number of nitrogens with one attached hydrogen (secondary N) is 1. The van der Waals surface area contributed by atoms with Crippen molar-refractivity contribution in [2.75, 3.05) is 26.3 Å². The van der Waals surface area contributed by atoms with Gasteiger partial charge in [-0.3, -0.25) is 10.00 Å². The van der Waals surface area contributed by atoms with E-state index in [1.165, 1.54) is 24.1 Å². The Bertz CT molecular complexity index is 739. The van der Waals surface area contributed by atoms with Gasteiger partial charge in [-0.05, 0) is 56.2 Å². The average molecular weight is 357 g/mol. The standard InChI is InChI=1S/C20H27N3O3/c1-2-11-24-17(3-1)18-5-4-16(26-18)14-23-9-7-20(8-10-23)19-15(6-12-25-20)13-21-22-19/h4-5,13,17H,1-3,6-12,14H2,(H,21,22). The Hall–Kier alpha value is -1.63. The van der Waals surface area contributed by atoms with Gasteiger partial charge in [0.25, 0.3) is 0 Å². The quantitative estimate of drug-likeness (QED) is 0.913. The van der Waals surface area contributed by atoms with E-state index in [-0.39, 0.29) is 11.7 Å². The van der Waals surface area contributed by atoms with Crippen molar-refractivity contribution >= 4 is 0 Å². The fourth-order valence-corrected chi connectivity index (χ4v) is 4.63. The third-order valence-electron chi connectivity index (χ3n) is 6.15. The van der Waals surface area contributed by atoms with E-state index in [4.69, 9.17) is 13.9 Å². The minimum absolute atomic E-state index is 0.150. The molecule has 0 amide bonds. The van der Waals surface area contributed by atoms with E-state index in [2.05, 4.69) is 27.2 Å². The van der Waals surface area contributed by atoms with Gasteiger partial charge in [0.2, 0.25) is 0 Å². The summed E-state index contributed by atoms with van der Waals surface area (Å²) in [5.74, 6) is 2.03. The minimum atomic E-state index is -0.162. The van der Waals surface area contributed by atoms with Gasteiger partial charge >= 0.3 is 0 Å². The predicted octanol–water partition coefficient (Wildman–Crippen LogP) is 3.31. The van der Waals surface area contributed by atoms with Crippen LogP contribution in [0.25, 0.3) is 0 Å². The Labute approximate surface area is 153 Å². The molecule has 26 heavy (non-hydrogen) atoms. The molecule has 0 saturated carbocycles. The number of aromatic amines is 1. The van der Waals surface area contributed by atoms with Crippen LogP contribution < -0.4 is 0 Å². The van der Waals surface area contributed by atoms with Crippen LogP contribution in [0.15, 0.2) is 22.7 Å². The summed E-state index contributed by atoms with van der Waals surface area (Å²) in [6.45, 7) is 4.53. The summed E-state index contributed by atoms with van der Waals surface area (Å²) in [5, 5.41) is 7.44. The number of nitrogens with zero attached hydrogens (tertiary/aromatic N) is 2. The van der Waals surface area contributed by atoms with Crippen LogP contribution in [0.5, 0.6) is 0 Å². The molecule has 3 aliphatic heterocycles. The van der Waals surface area contributed by atoms with E-state index < -0.39 is 0 Å². The molecular weight excluding hydrogens is 330 g/mol. The molecule has 3 aliphatic rings. The monoisotopic (exact) mass is 357 g/mol. The van der Waals surface area contributed by atoms with Crippen molar-refractivity contribution in [2.45, 2.75) is 56.8 Å². The summed E-state index contributed by atoms with van der Waals surface area (Å²) in [5.41, 5.74) is 2.37. The van der Waals surface area contributed by atoms with E-state index in [1.807, 2.05) is 6.20 Å². The minimum Gasteiger partial charge on any atom is -0.462 e. The lowest BCUT2D eigenvalue weighted by Crippen LogP contribution is -2.46. The first-order valence-corrected chi connectivity index (χ1v) is 9.92. The molecule has 6 heteroatoms. The first-order chi connectivity index (χ1) is 12.8. The van der Waals surface area contributed by atoms with Gasteiger partial charge in [0.1, 0.15) is 23.2 Å². The summed E-state index contributed by atoms with van der Waals surface area (Å²) in [4.78, 5) is 2.46. The Morgan fingerprint density at radius 1 is 1.19 bits per heavy atom. The third-order valence-corrected chi connectivity index (χ3v) is 6.15. The summed E-state index contributed by atoms with van der Waals surface area (Å²) in [6.07, 6.45) is 8.55. The topological polar surface area (TPSA) is 63.5 Å². The van der Waals surface area contributed by atoms with Crippen LogP contribution in [0.1, 0.15) is 61.0 Å². The number of H-pyrrole nitrogens is 1. The zero-order chi connectivity index (χ0) is 17.4. The van der Waals surface area contributed by atoms with Crippen LogP contribution in [0.3, 0.4) is 0 Å². The highest BCUT2D eigenvalue weighted by Crippen LogP contribution is 2.40. The van der Waals surface area contributed by atoms with E-state index >= 15 is 0 Å². The number of hydrogen-bond acceptors (Lipinski definition) is 5. The second-order valence-corrected chi connectivity index (χ2v) is 7.80. The number of aromatic nitrogens is 2. The SMILES string of the molecule is c1cc(C2CCCCO2)oc1CN1CCC2(CC1)OCCc1cn[nH]c12. The maximum Gasteiger partial charge on any atom is 0.133 e. The molecule has 5 rings (SSSR count). The largest absolute Gasteiger partial charge is 0.462 e. The Balaban J connectivity index is 1.21. The molecule has 0 bridgehead atoms. The Kier molecular flexibility index (Phi) is 4.35. The molecule has 0 radical (unpaired) electrons. The van der Waals surface area contributed by atoms with Gasteiger partial charge in [-0.1, -0.05) is 0 Å². The van der Waals surface area contributed by atoms with Crippen LogP contribution in [-0.2, 0) is 28.0 Å². The maximum atomic E-state index is 6.24. The summed E-state index contributed by atoms with van der Waals surface area (Å²) in [7, 11) is 0. The Morgan fingerprint density at radius 2 is 2.12 bits per heavy atom. The molecule has 1 spiro atoms. The van der Waals surface area contributed by atoms with Gasteiger partial charge in [-0.25, -0.2) is 0 Å². The van der Waals surface area contributed by atoms with E-state index in [1.54, 1.807) is 0 Å². The number of piperidine rings is 1. The molecule has 2 aromatic heterocycles. The lowest BCUT2D eigenvalue weighted by atomic mass is 9.84. The molecule has 6 nitrogen and oxygen atoms in total. The van der Waals surface area contributed by atoms with Crippen LogP contribution in [0, 0.1) is 0 Å². The van der Waals surface area contributed by atoms with Crippen molar-refractivity contribution in [3.63, 3.8) is 0 Å². The molecular formula is C20H27N3O3.